The Hall–Kier alpha value is -2.20. The van der Waals surface area contributed by atoms with Crippen LogP contribution in [0.1, 0.15) is 25.7 Å². The lowest BCUT2D eigenvalue weighted by Gasteiger charge is -1.94. The molecule has 20 heavy (non-hydrogen) atoms. The highest BCUT2D eigenvalue weighted by Gasteiger charge is 2.04. The summed E-state index contributed by atoms with van der Waals surface area (Å²) in [6, 6.07) is 0. The van der Waals surface area contributed by atoms with Crippen LogP contribution in [0, 0.1) is 0 Å². The van der Waals surface area contributed by atoms with Crippen molar-refractivity contribution in [3.8, 4) is 0 Å². The van der Waals surface area contributed by atoms with E-state index in [0.29, 0.717) is 0 Å². The average Bonchev–Trinajstić information content (AvgIpc) is 2.36. The van der Waals surface area contributed by atoms with Gasteiger partial charge in [-0.05, 0) is 25.9 Å². The normalized spacial score (nSPS) is 8.30. The molecular formula is C10H20N2O8. The molecule has 0 aliphatic heterocycles. The van der Waals surface area contributed by atoms with E-state index in [0.717, 1.165) is 25.9 Å². The van der Waals surface area contributed by atoms with Gasteiger partial charge in [0.05, 0.1) is 0 Å². The Morgan fingerprint density at radius 3 is 0.850 bits per heavy atom. The fourth-order valence-electron chi connectivity index (χ4n) is 0.642. The summed E-state index contributed by atoms with van der Waals surface area (Å²) in [7, 11) is 0. The van der Waals surface area contributed by atoms with Gasteiger partial charge in [0.15, 0.2) is 0 Å². The molecule has 0 atom stereocenters. The minimum atomic E-state index is -1.82. The number of carboxylic acid groups (broad SMARTS) is 4. The van der Waals surface area contributed by atoms with Gasteiger partial charge in [-0.2, -0.15) is 0 Å². The van der Waals surface area contributed by atoms with Gasteiger partial charge in [-0.1, -0.05) is 12.8 Å². The Morgan fingerprint density at radius 2 is 0.750 bits per heavy atom. The third kappa shape index (κ3) is 29.7. The van der Waals surface area contributed by atoms with E-state index in [9.17, 15) is 0 Å². The third-order valence-electron chi connectivity index (χ3n) is 1.52. The summed E-state index contributed by atoms with van der Waals surface area (Å²) < 4.78 is 0. The molecule has 0 aromatic heterocycles. The maximum absolute atomic E-state index is 9.10. The molecule has 0 saturated carbocycles. The molecule has 0 heterocycles. The second-order valence-corrected chi connectivity index (χ2v) is 3.21. The van der Waals surface area contributed by atoms with E-state index < -0.39 is 23.9 Å². The molecule has 0 rings (SSSR count). The predicted octanol–water partition coefficient (Wildman–Crippen LogP) is -1.22. The van der Waals surface area contributed by atoms with Gasteiger partial charge in [-0.15, -0.1) is 0 Å². The van der Waals surface area contributed by atoms with Gasteiger partial charge >= 0.3 is 23.9 Å². The van der Waals surface area contributed by atoms with Crippen molar-refractivity contribution in [3.63, 3.8) is 0 Å². The topological polar surface area (TPSA) is 201 Å². The minimum absolute atomic E-state index is 0.824. The largest absolute Gasteiger partial charge is 0.473 e. The number of carboxylic acids is 4. The Labute approximate surface area is 115 Å². The maximum Gasteiger partial charge on any atom is 0.414 e. The summed E-state index contributed by atoms with van der Waals surface area (Å²) in [5.41, 5.74) is 10.6. The molecule has 10 heteroatoms. The summed E-state index contributed by atoms with van der Waals surface area (Å²) in [6.07, 6.45) is 4.79. The molecular weight excluding hydrogens is 276 g/mol. The van der Waals surface area contributed by atoms with E-state index in [1.165, 1.54) is 12.8 Å². The van der Waals surface area contributed by atoms with Crippen molar-refractivity contribution in [3.05, 3.63) is 0 Å². The Morgan fingerprint density at radius 1 is 0.550 bits per heavy atom. The zero-order chi connectivity index (χ0) is 16.6. The lowest BCUT2D eigenvalue weighted by Crippen LogP contribution is -2.09. The number of carbonyl (C=O) groups is 4. The van der Waals surface area contributed by atoms with Crippen molar-refractivity contribution < 1.29 is 39.6 Å². The molecule has 0 aliphatic carbocycles. The van der Waals surface area contributed by atoms with E-state index in [1.807, 2.05) is 0 Å². The zero-order valence-electron chi connectivity index (χ0n) is 10.8. The Kier molecular flexibility index (Phi) is 19.3. The monoisotopic (exact) mass is 296 g/mol. The van der Waals surface area contributed by atoms with Gasteiger partial charge < -0.3 is 31.9 Å². The van der Waals surface area contributed by atoms with Gasteiger partial charge in [0.2, 0.25) is 0 Å². The average molecular weight is 296 g/mol. The van der Waals surface area contributed by atoms with Crippen LogP contribution in [0.15, 0.2) is 0 Å². The van der Waals surface area contributed by atoms with Crippen LogP contribution in [0.25, 0.3) is 0 Å². The van der Waals surface area contributed by atoms with E-state index in [-0.39, 0.29) is 0 Å². The molecule has 118 valence electrons. The Balaban J connectivity index is -0.000000221. The number of hydrogen-bond donors (Lipinski definition) is 6. The van der Waals surface area contributed by atoms with Crippen LogP contribution < -0.4 is 11.5 Å². The molecule has 0 amide bonds. The van der Waals surface area contributed by atoms with Crippen molar-refractivity contribution in [1.29, 1.82) is 0 Å². The van der Waals surface area contributed by atoms with Crippen LogP contribution in [0.2, 0.25) is 0 Å². The first kappa shape index (κ1) is 22.9. The van der Waals surface area contributed by atoms with E-state index in [2.05, 4.69) is 0 Å². The minimum Gasteiger partial charge on any atom is -0.473 e. The summed E-state index contributed by atoms with van der Waals surface area (Å²) >= 11 is 0. The van der Waals surface area contributed by atoms with Crippen LogP contribution in [-0.4, -0.2) is 57.4 Å². The van der Waals surface area contributed by atoms with Gasteiger partial charge in [0, 0.05) is 0 Å². The number of hydrogen-bond acceptors (Lipinski definition) is 6. The molecule has 0 spiro atoms. The molecule has 0 bridgehead atoms. The van der Waals surface area contributed by atoms with E-state index in [1.54, 1.807) is 0 Å². The van der Waals surface area contributed by atoms with Crippen molar-refractivity contribution in [1.82, 2.24) is 0 Å². The fraction of sp³-hybridized carbons (Fsp3) is 0.600. The van der Waals surface area contributed by atoms with Gasteiger partial charge in [-0.3, -0.25) is 0 Å². The Bertz CT molecular complexity index is 252. The number of unbranched alkanes of at least 4 members (excludes halogenated alkanes) is 3. The standard InChI is InChI=1S/C6H16N2.2C2H2O4/c7-5-3-1-2-4-6-8;2*3-1(4)2(5)6/h1-8H2;2*(H,3,4)(H,5,6). The quantitative estimate of drug-likeness (QED) is 0.263. The van der Waals surface area contributed by atoms with Gasteiger partial charge in [0.1, 0.15) is 0 Å². The van der Waals surface area contributed by atoms with Crippen LogP contribution in [0.3, 0.4) is 0 Å². The SMILES string of the molecule is NCCCCCCN.O=C(O)C(=O)O.O=C(O)C(=O)O. The second kappa shape index (κ2) is 16.8. The number of aliphatic carboxylic acids is 4. The lowest BCUT2D eigenvalue weighted by molar-refractivity contribution is -0.159. The first-order valence-electron chi connectivity index (χ1n) is 5.53. The van der Waals surface area contributed by atoms with Crippen molar-refractivity contribution in [2.24, 2.45) is 11.5 Å². The number of nitrogens with two attached hydrogens (primary N) is 2. The maximum atomic E-state index is 9.10. The molecule has 0 aromatic carbocycles. The lowest BCUT2D eigenvalue weighted by atomic mass is 10.2. The van der Waals surface area contributed by atoms with Crippen LogP contribution in [0.5, 0.6) is 0 Å². The molecule has 0 saturated heterocycles. The molecule has 0 aromatic rings. The second-order valence-electron chi connectivity index (χ2n) is 3.21. The molecule has 8 N–H and O–H groups in total. The smallest absolute Gasteiger partial charge is 0.414 e. The highest BCUT2D eigenvalue weighted by Crippen LogP contribution is 1.95. The summed E-state index contributed by atoms with van der Waals surface area (Å²) in [5, 5.41) is 29.6. The van der Waals surface area contributed by atoms with Crippen LogP contribution >= 0.6 is 0 Å². The molecule has 0 unspecified atom stereocenters. The van der Waals surface area contributed by atoms with Crippen LogP contribution in [-0.2, 0) is 19.2 Å². The first-order chi connectivity index (χ1) is 9.20. The summed E-state index contributed by atoms with van der Waals surface area (Å²) in [6.45, 7) is 1.65. The van der Waals surface area contributed by atoms with E-state index >= 15 is 0 Å². The molecule has 0 fully saturated rings. The zero-order valence-corrected chi connectivity index (χ0v) is 10.8. The molecule has 0 radical (unpaired) electrons. The summed E-state index contributed by atoms with van der Waals surface area (Å²) in [4.78, 5) is 36.4. The highest BCUT2D eigenvalue weighted by molar-refractivity contribution is 6.27. The van der Waals surface area contributed by atoms with Gasteiger partial charge in [-0.25, -0.2) is 19.2 Å². The molecule has 10 nitrogen and oxygen atoms in total. The summed E-state index contributed by atoms with van der Waals surface area (Å²) in [5.74, 6) is -7.30. The van der Waals surface area contributed by atoms with Crippen LogP contribution in [0.4, 0.5) is 0 Å². The highest BCUT2D eigenvalue weighted by atomic mass is 16.4. The van der Waals surface area contributed by atoms with Gasteiger partial charge in [0.25, 0.3) is 0 Å². The molecule has 0 aliphatic rings. The predicted molar refractivity (Wildman–Crippen MR) is 67.1 cm³/mol. The van der Waals surface area contributed by atoms with E-state index in [4.69, 9.17) is 51.1 Å². The van der Waals surface area contributed by atoms with Crippen molar-refractivity contribution in [2.45, 2.75) is 25.7 Å². The first-order valence-corrected chi connectivity index (χ1v) is 5.53. The fourth-order valence-corrected chi connectivity index (χ4v) is 0.642. The van der Waals surface area contributed by atoms with Crippen molar-refractivity contribution >= 4 is 23.9 Å². The van der Waals surface area contributed by atoms with Crippen molar-refractivity contribution in [2.75, 3.05) is 13.1 Å². The third-order valence-corrected chi connectivity index (χ3v) is 1.52. The number of rotatable bonds is 5.